The van der Waals surface area contributed by atoms with Gasteiger partial charge in [-0.1, -0.05) is 0 Å². The van der Waals surface area contributed by atoms with Gasteiger partial charge in [0, 0.05) is 0 Å². The Labute approximate surface area is 115 Å². The number of rotatable bonds is 4. The number of nitrogens with zero attached hydrogens (tertiary/aromatic N) is 1. The van der Waals surface area contributed by atoms with Crippen LogP contribution in [0.5, 0.6) is 0 Å². The van der Waals surface area contributed by atoms with Crippen LogP contribution in [0.3, 0.4) is 0 Å². The van der Waals surface area contributed by atoms with Crippen molar-refractivity contribution in [1.29, 1.82) is 0 Å². The second kappa shape index (κ2) is 6.44. The Kier molecular flexibility index (Phi) is 6.11. The molecule has 19 heavy (non-hydrogen) atoms. The quantitative estimate of drug-likeness (QED) is 0.477. The zero-order chi connectivity index (χ0) is 15.4. The van der Waals surface area contributed by atoms with Gasteiger partial charge in [0.05, 0.1) is 5.41 Å². The van der Waals surface area contributed by atoms with E-state index in [9.17, 15) is 13.8 Å². The average Bonchev–Trinajstić information content (AvgIpc) is 2.11. The maximum absolute atomic E-state index is 11.6. The molecule has 8 heteroatoms. The van der Waals surface area contributed by atoms with Crippen LogP contribution < -0.4 is 0 Å². The molecule has 0 aliphatic heterocycles. The van der Waals surface area contributed by atoms with Gasteiger partial charge in [-0.3, -0.25) is 9.35 Å². The molecule has 112 valence electrons. The maximum atomic E-state index is 11.6. The van der Waals surface area contributed by atoms with Gasteiger partial charge in [-0.15, -0.1) is 0 Å². The third kappa shape index (κ3) is 7.91. The molecule has 0 radical (unpaired) electrons. The summed E-state index contributed by atoms with van der Waals surface area (Å²) >= 11 is -2.62. The van der Waals surface area contributed by atoms with Gasteiger partial charge in [0.15, 0.2) is 0 Å². The van der Waals surface area contributed by atoms with E-state index in [1.54, 1.807) is 41.5 Å². The monoisotopic (exact) mass is 295 g/mol. The van der Waals surface area contributed by atoms with E-state index in [4.69, 9.17) is 14.1 Å². The molecule has 1 atom stereocenters. The highest BCUT2D eigenvalue weighted by Gasteiger charge is 2.30. The number of carbonyl (C=O) groups excluding carboxylic acids is 2. The van der Waals surface area contributed by atoms with Crippen molar-refractivity contribution >= 4 is 23.2 Å². The number of esters is 1. The standard InChI is InChI=1S/C11H21NO6S/c1-10(2,3)9(14)18-12(19(15)16)7-8(13)17-11(4,5)6/h7H2,1-6H3,(H,15,16). The smallest absolute Gasteiger partial charge is 0.331 e. The molecule has 0 rings (SSSR count). The first-order valence-electron chi connectivity index (χ1n) is 5.65. The van der Waals surface area contributed by atoms with Gasteiger partial charge < -0.3 is 9.57 Å². The summed E-state index contributed by atoms with van der Waals surface area (Å²) < 4.78 is 25.3. The Morgan fingerprint density at radius 1 is 1.16 bits per heavy atom. The van der Waals surface area contributed by atoms with Crippen molar-refractivity contribution in [3.63, 3.8) is 0 Å². The molecule has 0 aromatic rings. The lowest BCUT2D eigenvalue weighted by atomic mass is 9.98. The van der Waals surface area contributed by atoms with Gasteiger partial charge in [0.1, 0.15) is 12.1 Å². The Balaban J connectivity index is 4.65. The van der Waals surface area contributed by atoms with Gasteiger partial charge in [-0.2, -0.15) is 0 Å². The molecule has 0 aliphatic rings. The SMILES string of the molecule is CC(C)(C)OC(=O)CN(OC(=O)C(C)(C)C)S(=O)O. The summed E-state index contributed by atoms with van der Waals surface area (Å²) in [5.74, 6) is -1.49. The highest BCUT2D eigenvalue weighted by atomic mass is 32.2. The van der Waals surface area contributed by atoms with Crippen molar-refractivity contribution in [3.8, 4) is 0 Å². The molecule has 0 aromatic carbocycles. The number of hydrogen-bond donors (Lipinski definition) is 1. The van der Waals surface area contributed by atoms with Crippen LogP contribution in [0.25, 0.3) is 0 Å². The minimum Gasteiger partial charge on any atom is -0.459 e. The van der Waals surface area contributed by atoms with Crippen LogP contribution in [0, 0.1) is 5.41 Å². The second-order valence-corrected chi connectivity index (χ2v) is 6.81. The Morgan fingerprint density at radius 3 is 1.95 bits per heavy atom. The van der Waals surface area contributed by atoms with Gasteiger partial charge in [0.25, 0.3) is 11.3 Å². The minimum absolute atomic E-state index is 0.377. The van der Waals surface area contributed by atoms with Gasteiger partial charge in [-0.05, 0) is 46.0 Å². The molecule has 0 spiro atoms. The van der Waals surface area contributed by atoms with Crippen LogP contribution in [0.4, 0.5) is 0 Å². The van der Waals surface area contributed by atoms with Gasteiger partial charge in [0.2, 0.25) is 0 Å². The zero-order valence-corrected chi connectivity index (χ0v) is 12.9. The summed E-state index contributed by atoms with van der Waals surface area (Å²) in [6.07, 6.45) is 0. The summed E-state index contributed by atoms with van der Waals surface area (Å²) in [5.41, 5.74) is -1.58. The van der Waals surface area contributed by atoms with E-state index < -0.39 is 40.8 Å². The lowest BCUT2D eigenvalue weighted by Crippen LogP contribution is -2.39. The zero-order valence-electron chi connectivity index (χ0n) is 12.1. The van der Waals surface area contributed by atoms with Crippen molar-refractivity contribution in [2.45, 2.75) is 47.1 Å². The van der Waals surface area contributed by atoms with Crippen molar-refractivity contribution in [3.05, 3.63) is 0 Å². The molecule has 7 nitrogen and oxygen atoms in total. The molecule has 0 amide bonds. The van der Waals surface area contributed by atoms with Crippen LogP contribution in [0.2, 0.25) is 0 Å². The summed E-state index contributed by atoms with van der Waals surface area (Å²) in [6.45, 7) is 9.11. The van der Waals surface area contributed by atoms with E-state index in [0.717, 1.165) is 0 Å². The minimum atomic E-state index is -2.62. The fourth-order valence-electron chi connectivity index (χ4n) is 0.828. The van der Waals surface area contributed by atoms with E-state index in [1.165, 1.54) is 0 Å². The summed E-state index contributed by atoms with van der Waals surface area (Å²) in [6, 6.07) is 0. The average molecular weight is 295 g/mol. The van der Waals surface area contributed by atoms with E-state index in [-0.39, 0.29) is 0 Å². The fourth-order valence-corrected chi connectivity index (χ4v) is 1.18. The van der Waals surface area contributed by atoms with Crippen LogP contribution in [-0.4, -0.2) is 37.3 Å². The molecule has 0 aliphatic carbocycles. The lowest BCUT2D eigenvalue weighted by molar-refractivity contribution is -0.185. The van der Waals surface area contributed by atoms with Crippen LogP contribution in [0.15, 0.2) is 0 Å². The van der Waals surface area contributed by atoms with Crippen LogP contribution in [-0.2, 0) is 30.4 Å². The maximum Gasteiger partial charge on any atom is 0.331 e. The number of carbonyl (C=O) groups is 2. The third-order valence-corrected chi connectivity index (χ3v) is 2.20. The van der Waals surface area contributed by atoms with Crippen LogP contribution in [0.1, 0.15) is 41.5 Å². The molecule has 0 saturated heterocycles. The predicted octanol–water partition coefficient (Wildman–Crippen LogP) is 1.27. The van der Waals surface area contributed by atoms with Gasteiger partial charge in [-0.25, -0.2) is 9.00 Å². The molecule has 0 heterocycles. The molecular formula is C11H21NO6S. The van der Waals surface area contributed by atoms with E-state index in [0.29, 0.717) is 4.47 Å². The number of ether oxygens (including phenoxy) is 1. The van der Waals surface area contributed by atoms with Gasteiger partial charge >= 0.3 is 11.9 Å². The lowest BCUT2D eigenvalue weighted by Gasteiger charge is -2.24. The highest BCUT2D eigenvalue weighted by Crippen LogP contribution is 2.17. The van der Waals surface area contributed by atoms with Crippen molar-refractivity contribution in [1.82, 2.24) is 4.47 Å². The number of hydroxylamine groups is 1. The molecular weight excluding hydrogens is 274 g/mol. The van der Waals surface area contributed by atoms with E-state index in [2.05, 4.69) is 0 Å². The summed E-state index contributed by atoms with van der Waals surface area (Å²) in [4.78, 5) is 27.8. The highest BCUT2D eigenvalue weighted by molar-refractivity contribution is 7.76. The fraction of sp³-hybridized carbons (Fsp3) is 0.818. The summed E-state index contributed by atoms with van der Waals surface area (Å²) in [5, 5.41) is 0. The summed E-state index contributed by atoms with van der Waals surface area (Å²) in [7, 11) is 0. The first kappa shape index (κ1) is 18.0. The number of hydrogen-bond acceptors (Lipinski definition) is 5. The van der Waals surface area contributed by atoms with E-state index >= 15 is 0 Å². The first-order chi connectivity index (χ1) is 8.33. The molecule has 0 fully saturated rings. The largest absolute Gasteiger partial charge is 0.459 e. The molecule has 0 aromatic heterocycles. The van der Waals surface area contributed by atoms with E-state index in [1.807, 2.05) is 0 Å². The van der Waals surface area contributed by atoms with Crippen molar-refractivity contribution in [2.24, 2.45) is 5.41 Å². The Bertz CT molecular complexity index is 368. The topological polar surface area (TPSA) is 93.1 Å². The molecule has 0 bridgehead atoms. The van der Waals surface area contributed by atoms with Crippen molar-refractivity contribution < 1.29 is 27.9 Å². The predicted molar refractivity (Wildman–Crippen MR) is 68.9 cm³/mol. The molecule has 1 unspecified atom stereocenters. The van der Waals surface area contributed by atoms with Crippen LogP contribution >= 0.6 is 0 Å². The second-order valence-electron chi connectivity index (χ2n) is 5.94. The third-order valence-electron chi connectivity index (χ3n) is 1.65. The molecule has 0 saturated carbocycles. The van der Waals surface area contributed by atoms with Crippen molar-refractivity contribution in [2.75, 3.05) is 6.54 Å². The Morgan fingerprint density at radius 2 is 1.63 bits per heavy atom. The first-order valence-corrected chi connectivity index (χ1v) is 6.72. The normalized spacial score (nSPS) is 14.1. The molecule has 1 N–H and O–H groups in total. The Hall–Kier alpha value is -0.990.